The molecule has 0 bridgehead atoms. The Labute approximate surface area is 165 Å². The van der Waals surface area contributed by atoms with Crippen molar-refractivity contribution in [2.24, 2.45) is 0 Å². The molecule has 8 heteroatoms. The maximum Gasteiger partial charge on any atom is 0.247 e. The summed E-state index contributed by atoms with van der Waals surface area (Å²) >= 11 is 1.50. The Balaban J connectivity index is 1.44. The second-order valence-electron chi connectivity index (χ2n) is 6.10. The normalized spacial score (nSPS) is 11.1. The molecule has 0 aliphatic carbocycles. The van der Waals surface area contributed by atoms with Crippen molar-refractivity contribution < 1.29 is 8.81 Å². The molecule has 28 heavy (non-hydrogen) atoms. The van der Waals surface area contributed by atoms with E-state index >= 15 is 0 Å². The van der Waals surface area contributed by atoms with Crippen molar-refractivity contribution in [3.05, 3.63) is 77.7 Å². The maximum absolute atomic E-state index is 13.0. The Hall–Kier alpha value is -3.00. The Kier molecular flexibility index (Phi) is 5.48. The molecule has 0 saturated carbocycles. The molecule has 0 radical (unpaired) electrons. The minimum atomic E-state index is -0.302. The van der Waals surface area contributed by atoms with E-state index in [9.17, 15) is 4.39 Å². The van der Waals surface area contributed by atoms with Crippen LogP contribution in [-0.4, -0.2) is 25.0 Å². The van der Waals surface area contributed by atoms with Gasteiger partial charge in [-0.15, -0.1) is 20.4 Å². The third-order valence-electron chi connectivity index (χ3n) is 4.20. The van der Waals surface area contributed by atoms with E-state index in [4.69, 9.17) is 4.42 Å². The van der Waals surface area contributed by atoms with E-state index in [0.717, 1.165) is 23.9 Å². The van der Waals surface area contributed by atoms with Gasteiger partial charge in [0.05, 0.1) is 5.75 Å². The van der Waals surface area contributed by atoms with E-state index in [1.807, 2.05) is 18.2 Å². The summed E-state index contributed by atoms with van der Waals surface area (Å²) < 4.78 is 20.8. The summed E-state index contributed by atoms with van der Waals surface area (Å²) in [5.74, 6) is 1.97. The zero-order chi connectivity index (χ0) is 19.3. The first kappa shape index (κ1) is 18.4. The van der Waals surface area contributed by atoms with Gasteiger partial charge in [0.25, 0.3) is 0 Å². The number of rotatable bonds is 7. The SMILES string of the molecule is CCn1c(Cc2ccccc2)nnc1SCc1nnc(-c2ccc(F)cc2)o1. The molecule has 0 fully saturated rings. The Morgan fingerprint density at radius 3 is 2.50 bits per heavy atom. The van der Waals surface area contributed by atoms with Crippen molar-refractivity contribution in [2.45, 2.75) is 30.8 Å². The van der Waals surface area contributed by atoms with Crippen molar-refractivity contribution in [1.29, 1.82) is 0 Å². The van der Waals surface area contributed by atoms with Crippen LogP contribution in [0.1, 0.15) is 24.2 Å². The zero-order valence-electron chi connectivity index (χ0n) is 15.2. The Morgan fingerprint density at radius 1 is 0.964 bits per heavy atom. The predicted molar refractivity (Wildman–Crippen MR) is 104 cm³/mol. The molecule has 0 N–H and O–H groups in total. The molecule has 0 aliphatic rings. The summed E-state index contributed by atoms with van der Waals surface area (Å²) in [5.41, 5.74) is 1.88. The van der Waals surface area contributed by atoms with Gasteiger partial charge in [-0.25, -0.2) is 4.39 Å². The van der Waals surface area contributed by atoms with Gasteiger partial charge in [0.15, 0.2) is 5.16 Å². The highest BCUT2D eigenvalue weighted by molar-refractivity contribution is 7.98. The molecule has 2 aromatic heterocycles. The molecule has 0 amide bonds. The third-order valence-corrected chi connectivity index (χ3v) is 5.15. The molecular formula is C20H18FN5OS. The van der Waals surface area contributed by atoms with E-state index in [1.165, 1.54) is 29.5 Å². The maximum atomic E-state index is 13.0. The minimum Gasteiger partial charge on any atom is -0.420 e. The molecule has 2 aromatic carbocycles. The average Bonchev–Trinajstić information content (AvgIpc) is 3.34. The molecule has 0 spiro atoms. The van der Waals surface area contributed by atoms with Crippen LogP contribution in [0.2, 0.25) is 0 Å². The first-order chi connectivity index (χ1) is 13.7. The highest BCUT2D eigenvalue weighted by Crippen LogP contribution is 2.24. The molecule has 0 atom stereocenters. The largest absolute Gasteiger partial charge is 0.420 e. The monoisotopic (exact) mass is 395 g/mol. The zero-order valence-corrected chi connectivity index (χ0v) is 16.1. The lowest BCUT2D eigenvalue weighted by atomic mass is 10.1. The minimum absolute atomic E-state index is 0.302. The number of benzene rings is 2. The average molecular weight is 395 g/mol. The fraction of sp³-hybridized carbons (Fsp3) is 0.200. The van der Waals surface area contributed by atoms with Gasteiger partial charge in [0.1, 0.15) is 11.6 Å². The van der Waals surface area contributed by atoms with Crippen molar-refractivity contribution in [3.63, 3.8) is 0 Å². The van der Waals surface area contributed by atoms with Crippen LogP contribution < -0.4 is 0 Å². The van der Waals surface area contributed by atoms with Crippen LogP contribution in [0.4, 0.5) is 4.39 Å². The molecule has 6 nitrogen and oxygen atoms in total. The number of halogens is 1. The topological polar surface area (TPSA) is 69.6 Å². The van der Waals surface area contributed by atoms with Crippen molar-refractivity contribution in [1.82, 2.24) is 25.0 Å². The fourth-order valence-electron chi connectivity index (χ4n) is 2.80. The Morgan fingerprint density at radius 2 is 1.75 bits per heavy atom. The van der Waals surface area contributed by atoms with Gasteiger partial charge in [0, 0.05) is 18.5 Å². The van der Waals surface area contributed by atoms with Crippen LogP contribution >= 0.6 is 11.8 Å². The number of thioether (sulfide) groups is 1. The summed E-state index contributed by atoms with van der Waals surface area (Å²) in [7, 11) is 0. The molecule has 0 saturated heterocycles. The van der Waals surface area contributed by atoms with Gasteiger partial charge in [-0.2, -0.15) is 0 Å². The van der Waals surface area contributed by atoms with Crippen molar-refractivity contribution >= 4 is 11.8 Å². The molecule has 142 valence electrons. The van der Waals surface area contributed by atoms with E-state index in [1.54, 1.807) is 12.1 Å². The van der Waals surface area contributed by atoms with Gasteiger partial charge in [0.2, 0.25) is 11.8 Å². The standard InChI is InChI=1S/C20H18FN5OS/c1-2-26-17(12-14-6-4-3-5-7-14)22-25-20(26)28-13-18-23-24-19(27-18)15-8-10-16(21)11-9-15/h3-11H,2,12-13H2,1H3. The van der Waals surface area contributed by atoms with E-state index in [2.05, 4.69) is 44.0 Å². The smallest absolute Gasteiger partial charge is 0.247 e. The number of aromatic nitrogens is 5. The van der Waals surface area contributed by atoms with E-state index in [0.29, 0.717) is 23.1 Å². The number of nitrogens with zero attached hydrogens (tertiary/aromatic N) is 5. The molecule has 0 unspecified atom stereocenters. The first-order valence-electron chi connectivity index (χ1n) is 8.90. The van der Waals surface area contributed by atoms with E-state index in [-0.39, 0.29) is 5.82 Å². The van der Waals surface area contributed by atoms with Gasteiger partial charge in [-0.1, -0.05) is 42.1 Å². The van der Waals surface area contributed by atoms with Crippen molar-refractivity contribution in [2.75, 3.05) is 0 Å². The first-order valence-corrected chi connectivity index (χ1v) is 9.88. The third kappa shape index (κ3) is 4.12. The fourth-order valence-corrected chi connectivity index (χ4v) is 3.66. The Bertz CT molecular complexity index is 1050. The summed E-state index contributed by atoms with van der Waals surface area (Å²) in [6, 6.07) is 16.2. The second-order valence-corrected chi connectivity index (χ2v) is 7.04. The highest BCUT2D eigenvalue weighted by atomic mass is 32.2. The summed E-state index contributed by atoms with van der Waals surface area (Å²) in [6.45, 7) is 2.85. The van der Waals surface area contributed by atoms with E-state index < -0.39 is 0 Å². The second kappa shape index (κ2) is 8.35. The van der Waals surface area contributed by atoms with Crippen LogP contribution in [0.3, 0.4) is 0 Å². The predicted octanol–water partition coefficient (Wildman–Crippen LogP) is 4.37. The highest BCUT2D eigenvalue weighted by Gasteiger charge is 2.14. The lowest BCUT2D eigenvalue weighted by Gasteiger charge is -2.06. The van der Waals surface area contributed by atoms with Crippen LogP contribution in [0.5, 0.6) is 0 Å². The molecule has 4 aromatic rings. The summed E-state index contributed by atoms with van der Waals surface area (Å²) in [5, 5.41) is 17.6. The molecule has 0 aliphatic heterocycles. The van der Waals surface area contributed by atoms with Crippen molar-refractivity contribution in [3.8, 4) is 11.5 Å². The van der Waals surface area contributed by atoms with Gasteiger partial charge in [-0.3, -0.25) is 0 Å². The quantitative estimate of drug-likeness (QED) is 0.433. The lowest BCUT2D eigenvalue weighted by Crippen LogP contribution is -2.04. The molecule has 2 heterocycles. The summed E-state index contributed by atoms with van der Waals surface area (Å²) in [6.07, 6.45) is 0.734. The molecular weight excluding hydrogens is 377 g/mol. The number of hydrogen-bond acceptors (Lipinski definition) is 6. The lowest BCUT2D eigenvalue weighted by molar-refractivity contribution is 0.527. The van der Waals surface area contributed by atoms with Crippen LogP contribution in [0.25, 0.3) is 11.5 Å². The van der Waals surface area contributed by atoms with Gasteiger partial charge < -0.3 is 8.98 Å². The van der Waals surface area contributed by atoms with Crippen LogP contribution in [-0.2, 0) is 18.7 Å². The summed E-state index contributed by atoms with van der Waals surface area (Å²) in [4.78, 5) is 0. The van der Waals surface area contributed by atoms with Gasteiger partial charge >= 0.3 is 0 Å². The number of hydrogen-bond donors (Lipinski definition) is 0. The van der Waals surface area contributed by atoms with Crippen LogP contribution in [0, 0.1) is 5.82 Å². The van der Waals surface area contributed by atoms with Gasteiger partial charge in [-0.05, 0) is 36.8 Å². The molecule has 4 rings (SSSR count). The van der Waals surface area contributed by atoms with Crippen LogP contribution in [0.15, 0.2) is 64.2 Å².